The summed E-state index contributed by atoms with van der Waals surface area (Å²) in [7, 11) is 1.18. The van der Waals surface area contributed by atoms with Crippen LogP contribution in [0.15, 0.2) is 24.3 Å². The van der Waals surface area contributed by atoms with Crippen molar-refractivity contribution in [2.24, 2.45) is 11.7 Å². The first-order valence-electron chi connectivity index (χ1n) is 13.0. The van der Waals surface area contributed by atoms with Crippen LogP contribution in [0, 0.1) is 5.92 Å². The van der Waals surface area contributed by atoms with Gasteiger partial charge in [0.1, 0.15) is 18.7 Å². The topological polar surface area (TPSA) is 215 Å². The van der Waals surface area contributed by atoms with E-state index in [1.54, 1.807) is 38.1 Å². The second-order valence-corrected chi connectivity index (χ2v) is 9.55. The molecule has 0 heterocycles. The normalized spacial score (nSPS) is 11.8. The van der Waals surface area contributed by atoms with E-state index < -0.39 is 54.3 Å². The number of ether oxygens (including phenoxy) is 1. The van der Waals surface area contributed by atoms with Gasteiger partial charge in [0.05, 0.1) is 12.2 Å². The highest BCUT2D eigenvalue weighted by Crippen LogP contribution is 2.12. The minimum Gasteiger partial charge on any atom is -0.461 e. The van der Waals surface area contributed by atoms with Gasteiger partial charge in [0, 0.05) is 25.5 Å². The maximum Gasteiger partial charge on any atom is 0.312 e. The molecule has 2 atom stereocenters. The molecule has 223 valence electrons. The molecule has 0 aliphatic rings. The Bertz CT molecular complexity index is 1100. The second kappa shape index (κ2) is 18.0. The van der Waals surface area contributed by atoms with Crippen LogP contribution in [0.3, 0.4) is 0 Å². The van der Waals surface area contributed by atoms with Gasteiger partial charge >= 0.3 is 12.0 Å². The van der Waals surface area contributed by atoms with Gasteiger partial charge in [-0.1, -0.05) is 26.0 Å². The van der Waals surface area contributed by atoms with Crippen LogP contribution in [-0.4, -0.2) is 73.8 Å². The Morgan fingerprint density at radius 2 is 1.56 bits per heavy atom. The van der Waals surface area contributed by atoms with Gasteiger partial charge in [0.15, 0.2) is 0 Å². The Morgan fingerprint density at radius 1 is 0.902 bits per heavy atom. The second-order valence-electron chi connectivity index (χ2n) is 9.55. The highest BCUT2D eigenvalue weighted by atomic mass is 16.5. The summed E-state index contributed by atoms with van der Waals surface area (Å²) in [6.45, 7) is 5.85. The largest absolute Gasteiger partial charge is 0.461 e. The molecule has 0 bridgehead atoms. The zero-order valence-corrected chi connectivity index (χ0v) is 23.7. The molecular formula is C26H38BN6O8. The number of benzene rings is 1. The van der Waals surface area contributed by atoms with Crippen LogP contribution in [0.4, 0.5) is 10.5 Å². The molecule has 0 saturated carbocycles. The summed E-state index contributed by atoms with van der Waals surface area (Å²) < 4.78 is 4.94. The standard InChI is InChI=1S/C26H38BN6O8/c1-15(2)23(33-22(37)13-30-21(36)12-27-16(3)34)25(39)32-20(6-5-11-29-26(28)40)24(38)31-19-9-7-18(8-10-19)14-41-17(4)35/h7-10,15,20,23H,5-6,11-14H2,1-4H3,(H,30,36)(H,31,38)(H,32,39)(H,33,37)(H3,28,29,40). The molecule has 0 saturated heterocycles. The number of carbonyl (C=O) groups excluding carboxylic acids is 7. The Balaban J connectivity index is 2.87. The molecule has 15 heteroatoms. The quantitative estimate of drug-likeness (QED) is 0.0813. The summed E-state index contributed by atoms with van der Waals surface area (Å²) >= 11 is 0. The van der Waals surface area contributed by atoms with Crippen molar-refractivity contribution in [1.29, 1.82) is 0 Å². The van der Waals surface area contributed by atoms with Crippen molar-refractivity contribution < 1.29 is 38.3 Å². The maximum atomic E-state index is 13.1. The van der Waals surface area contributed by atoms with Crippen molar-refractivity contribution in [2.75, 3.05) is 18.4 Å². The highest BCUT2D eigenvalue weighted by Gasteiger charge is 2.29. The third-order valence-electron chi connectivity index (χ3n) is 5.55. The number of primary amides is 1. The average molecular weight is 573 g/mol. The van der Waals surface area contributed by atoms with E-state index in [0.717, 1.165) is 0 Å². The summed E-state index contributed by atoms with van der Waals surface area (Å²) in [5, 5.41) is 12.7. The lowest BCUT2D eigenvalue weighted by Gasteiger charge is -2.25. The zero-order valence-electron chi connectivity index (χ0n) is 23.7. The van der Waals surface area contributed by atoms with Crippen LogP contribution in [0.5, 0.6) is 0 Å². The van der Waals surface area contributed by atoms with Crippen molar-refractivity contribution in [2.45, 2.75) is 65.5 Å². The fourth-order valence-corrected chi connectivity index (χ4v) is 3.39. The number of hydrogen-bond acceptors (Lipinski definition) is 8. The predicted octanol–water partition coefficient (Wildman–Crippen LogP) is -0.452. The van der Waals surface area contributed by atoms with E-state index in [1.165, 1.54) is 21.1 Å². The lowest BCUT2D eigenvalue weighted by atomic mass is 9.70. The third-order valence-corrected chi connectivity index (χ3v) is 5.55. The van der Waals surface area contributed by atoms with Crippen LogP contribution in [0.25, 0.3) is 0 Å². The highest BCUT2D eigenvalue weighted by molar-refractivity contribution is 6.75. The van der Waals surface area contributed by atoms with Crippen molar-refractivity contribution in [3.05, 3.63) is 29.8 Å². The van der Waals surface area contributed by atoms with E-state index in [1.807, 2.05) is 0 Å². The Hall–Kier alpha value is -4.43. The van der Waals surface area contributed by atoms with Crippen molar-refractivity contribution in [3.8, 4) is 0 Å². The van der Waals surface area contributed by atoms with Crippen LogP contribution in [0.1, 0.15) is 46.1 Å². The summed E-state index contributed by atoms with van der Waals surface area (Å²) in [5.74, 6) is -3.10. The Labute approximate surface area is 239 Å². The van der Waals surface area contributed by atoms with Gasteiger partial charge in [0.25, 0.3) is 0 Å². The summed E-state index contributed by atoms with van der Waals surface area (Å²) in [5.41, 5.74) is 5.95. The van der Waals surface area contributed by atoms with Gasteiger partial charge in [-0.2, -0.15) is 0 Å². The van der Waals surface area contributed by atoms with Crippen LogP contribution < -0.4 is 32.3 Å². The minimum absolute atomic E-state index is 0.0813. The van der Waals surface area contributed by atoms with Crippen LogP contribution in [0.2, 0.25) is 6.32 Å². The molecule has 14 nitrogen and oxygen atoms in total. The van der Waals surface area contributed by atoms with E-state index >= 15 is 0 Å². The van der Waals surface area contributed by atoms with Gasteiger partial charge in [-0.3, -0.25) is 24.0 Å². The average Bonchev–Trinajstić information content (AvgIpc) is 2.90. The van der Waals surface area contributed by atoms with E-state index in [9.17, 15) is 33.6 Å². The number of amides is 6. The number of anilines is 1. The molecule has 1 aromatic rings. The lowest BCUT2D eigenvalue weighted by Crippen LogP contribution is -2.55. The number of nitrogens with two attached hydrogens (primary N) is 1. The van der Waals surface area contributed by atoms with Crippen LogP contribution >= 0.6 is 0 Å². The van der Waals surface area contributed by atoms with Gasteiger partial charge in [-0.15, -0.1) is 0 Å². The van der Waals surface area contributed by atoms with Crippen molar-refractivity contribution >= 4 is 54.3 Å². The molecule has 0 aliphatic heterocycles. The number of urea groups is 1. The molecule has 0 spiro atoms. The van der Waals surface area contributed by atoms with E-state index in [4.69, 9.17) is 10.5 Å². The maximum absolute atomic E-state index is 13.1. The van der Waals surface area contributed by atoms with E-state index in [2.05, 4.69) is 26.6 Å². The minimum atomic E-state index is -1.03. The van der Waals surface area contributed by atoms with E-state index in [0.29, 0.717) is 17.7 Å². The predicted molar refractivity (Wildman–Crippen MR) is 150 cm³/mol. The number of hydrogen-bond donors (Lipinski definition) is 6. The Morgan fingerprint density at radius 3 is 2.12 bits per heavy atom. The fraction of sp³-hybridized carbons (Fsp3) is 0.500. The number of rotatable bonds is 17. The molecule has 1 rings (SSSR count). The monoisotopic (exact) mass is 573 g/mol. The third kappa shape index (κ3) is 15.1. The molecular weight excluding hydrogens is 535 g/mol. The van der Waals surface area contributed by atoms with Crippen LogP contribution in [-0.2, 0) is 40.1 Å². The summed E-state index contributed by atoms with van der Waals surface area (Å²) in [6.07, 6.45) is 0.279. The molecule has 0 fully saturated rings. The van der Waals surface area contributed by atoms with E-state index in [-0.39, 0.29) is 37.5 Å². The molecule has 0 aliphatic carbocycles. The van der Waals surface area contributed by atoms with Gasteiger partial charge in [-0.05, 0) is 43.4 Å². The van der Waals surface area contributed by atoms with Gasteiger partial charge in [0.2, 0.25) is 30.9 Å². The smallest absolute Gasteiger partial charge is 0.312 e. The lowest BCUT2D eigenvalue weighted by molar-refractivity contribution is -0.142. The SMILES string of the molecule is CC(=O)[B]CC(=O)NCC(=O)NC(C(=O)NC(CCCNC(N)=O)C(=O)Nc1ccc(COC(C)=O)cc1)C(C)C. The first kappa shape index (κ1) is 34.6. The fourth-order valence-electron chi connectivity index (χ4n) is 3.39. The Kier molecular flexibility index (Phi) is 15.2. The molecule has 0 aromatic heterocycles. The summed E-state index contributed by atoms with van der Waals surface area (Å²) in [6, 6.07) is 3.79. The number of esters is 1. The molecule has 2 unspecified atom stereocenters. The van der Waals surface area contributed by atoms with Gasteiger partial charge < -0.3 is 41.8 Å². The first-order chi connectivity index (χ1) is 19.3. The molecule has 41 heavy (non-hydrogen) atoms. The molecule has 1 aromatic carbocycles. The molecule has 1 radical (unpaired) electrons. The number of nitrogens with one attached hydrogen (secondary N) is 5. The molecule has 6 amide bonds. The van der Waals surface area contributed by atoms with Crippen molar-refractivity contribution in [1.82, 2.24) is 21.3 Å². The van der Waals surface area contributed by atoms with Gasteiger partial charge in [-0.25, -0.2) is 4.79 Å². The zero-order chi connectivity index (χ0) is 30.9. The first-order valence-corrected chi connectivity index (χ1v) is 13.0. The molecule has 7 N–H and O–H groups in total. The van der Waals surface area contributed by atoms with Crippen molar-refractivity contribution in [3.63, 3.8) is 0 Å². The number of carbonyl (C=O) groups is 7. The summed E-state index contributed by atoms with van der Waals surface area (Å²) in [4.78, 5) is 83.4.